The van der Waals surface area contributed by atoms with Gasteiger partial charge in [0.25, 0.3) is 0 Å². The molecule has 2 heterocycles. The molecule has 2 aliphatic heterocycles. The van der Waals surface area contributed by atoms with Gasteiger partial charge in [-0.1, -0.05) is 36.5 Å². The number of allylic oxidation sites excluding steroid dienone is 9. The Labute approximate surface area is 105 Å². The van der Waals surface area contributed by atoms with Crippen LogP contribution in [0.4, 0.5) is 0 Å². The van der Waals surface area contributed by atoms with Crippen LogP contribution in [0, 0.1) is 0 Å². The van der Waals surface area contributed by atoms with Crippen LogP contribution in [0.2, 0.25) is 0 Å². The average Bonchev–Trinajstić information content (AvgIpc) is 2.81. The standard InChI is InChI=1S/C14H12N2O2/c1-2-4-9-14-13(12-15-16-14)8-5-7-11-18-17-10-6-3-1/h1-12H/b3-1-,4-2-,8-5-,10-6-,11-7-,14-9-. The molecular weight excluding hydrogens is 228 g/mol. The second kappa shape index (κ2) is 6.85. The summed E-state index contributed by atoms with van der Waals surface area (Å²) in [6.07, 6.45) is 21.1. The molecule has 90 valence electrons. The van der Waals surface area contributed by atoms with Crippen molar-refractivity contribution < 1.29 is 9.78 Å². The topological polar surface area (TPSA) is 43.2 Å². The fraction of sp³-hybridized carbons (Fsp3) is 0. The smallest absolute Gasteiger partial charge is 0.142 e. The quantitative estimate of drug-likeness (QED) is 0.603. The van der Waals surface area contributed by atoms with Gasteiger partial charge in [-0.3, -0.25) is 9.78 Å². The monoisotopic (exact) mass is 240 g/mol. The molecule has 4 heteroatoms. The summed E-state index contributed by atoms with van der Waals surface area (Å²) in [4.78, 5) is 9.52. The van der Waals surface area contributed by atoms with E-state index in [1.54, 1.807) is 18.4 Å². The van der Waals surface area contributed by atoms with Crippen molar-refractivity contribution in [1.29, 1.82) is 0 Å². The summed E-state index contributed by atoms with van der Waals surface area (Å²) in [5.41, 5.74) is 1.77. The van der Waals surface area contributed by atoms with Gasteiger partial charge in [-0.15, -0.1) is 0 Å². The fourth-order valence-corrected chi connectivity index (χ4v) is 1.25. The Balaban J connectivity index is 2.16. The van der Waals surface area contributed by atoms with Gasteiger partial charge >= 0.3 is 0 Å². The maximum atomic E-state index is 4.77. The summed E-state index contributed by atoms with van der Waals surface area (Å²) in [7, 11) is 0. The SMILES string of the molecule is C1=C2/C=C\C=C/OO\C=C/C=C\C=C/C=C/2N=N1. The Kier molecular flexibility index (Phi) is 4.51. The highest BCUT2D eigenvalue weighted by Gasteiger charge is 2.04. The predicted octanol–water partition coefficient (Wildman–Crippen LogP) is 3.88. The zero-order chi connectivity index (χ0) is 12.5. The van der Waals surface area contributed by atoms with E-state index in [0.29, 0.717) is 0 Å². The van der Waals surface area contributed by atoms with Crippen LogP contribution in [0.3, 0.4) is 0 Å². The lowest BCUT2D eigenvalue weighted by molar-refractivity contribution is -0.195. The van der Waals surface area contributed by atoms with Crippen LogP contribution in [0.1, 0.15) is 0 Å². The highest BCUT2D eigenvalue weighted by Crippen LogP contribution is 2.20. The zero-order valence-corrected chi connectivity index (χ0v) is 9.64. The van der Waals surface area contributed by atoms with Gasteiger partial charge in [-0.05, 0) is 18.2 Å². The van der Waals surface area contributed by atoms with Gasteiger partial charge in [-0.25, -0.2) is 0 Å². The van der Waals surface area contributed by atoms with Crippen molar-refractivity contribution in [3.05, 3.63) is 84.7 Å². The minimum atomic E-state index is 0.826. The molecule has 0 unspecified atom stereocenters. The van der Waals surface area contributed by atoms with Crippen molar-refractivity contribution in [2.24, 2.45) is 10.2 Å². The Morgan fingerprint density at radius 1 is 0.778 bits per heavy atom. The van der Waals surface area contributed by atoms with Crippen molar-refractivity contribution in [3.8, 4) is 0 Å². The molecule has 2 rings (SSSR count). The lowest BCUT2D eigenvalue weighted by Crippen LogP contribution is -1.77. The molecule has 4 nitrogen and oxygen atoms in total. The summed E-state index contributed by atoms with van der Waals surface area (Å²) >= 11 is 0. The second-order valence-electron chi connectivity index (χ2n) is 3.33. The highest BCUT2D eigenvalue weighted by molar-refractivity contribution is 5.43. The molecule has 0 N–H and O–H groups in total. The van der Waals surface area contributed by atoms with Crippen LogP contribution in [0.15, 0.2) is 94.9 Å². The van der Waals surface area contributed by atoms with E-state index in [-0.39, 0.29) is 0 Å². The first-order chi connectivity index (χ1) is 8.97. The minimum Gasteiger partial charge on any atom is -0.299 e. The van der Waals surface area contributed by atoms with Crippen LogP contribution >= 0.6 is 0 Å². The van der Waals surface area contributed by atoms with Gasteiger partial charge in [-0.2, -0.15) is 10.2 Å². The zero-order valence-electron chi connectivity index (χ0n) is 9.64. The largest absolute Gasteiger partial charge is 0.299 e. The molecule has 0 aromatic heterocycles. The summed E-state index contributed by atoms with van der Waals surface area (Å²) in [6.45, 7) is 0. The second-order valence-corrected chi connectivity index (χ2v) is 3.33. The van der Waals surface area contributed by atoms with Crippen LogP contribution in [0.25, 0.3) is 0 Å². The molecule has 0 aromatic carbocycles. The molecule has 0 radical (unpaired) electrons. The van der Waals surface area contributed by atoms with Crippen LogP contribution < -0.4 is 0 Å². The van der Waals surface area contributed by atoms with Crippen molar-refractivity contribution in [3.63, 3.8) is 0 Å². The lowest BCUT2D eigenvalue weighted by atomic mass is 10.2. The van der Waals surface area contributed by atoms with Crippen molar-refractivity contribution >= 4 is 0 Å². The first-order valence-electron chi connectivity index (χ1n) is 5.44. The van der Waals surface area contributed by atoms with Gasteiger partial charge in [0.15, 0.2) is 0 Å². The van der Waals surface area contributed by atoms with E-state index < -0.39 is 0 Å². The molecule has 0 saturated heterocycles. The van der Waals surface area contributed by atoms with Gasteiger partial charge in [0.05, 0.1) is 11.9 Å². The maximum absolute atomic E-state index is 4.77. The molecule has 0 amide bonds. The van der Waals surface area contributed by atoms with E-state index in [1.165, 1.54) is 12.5 Å². The lowest BCUT2D eigenvalue weighted by Gasteiger charge is -1.93. The highest BCUT2D eigenvalue weighted by atomic mass is 17.2. The number of hydrogen-bond acceptors (Lipinski definition) is 4. The van der Waals surface area contributed by atoms with E-state index in [0.717, 1.165) is 11.3 Å². The summed E-state index contributed by atoms with van der Waals surface area (Å²) < 4.78 is 0. The fourth-order valence-electron chi connectivity index (χ4n) is 1.25. The third-order valence-electron chi connectivity index (χ3n) is 2.07. The van der Waals surface area contributed by atoms with Crippen molar-refractivity contribution in [1.82, 2.24) is 0 Å². The minimum absolute atomic E-state index is 0.826. The number of hydrogen-bond donors (Lipinski definition) is 0. The molecule has 0 aromatic rings. The van der Waals surface area contributed by atoms with E-state index >= 15 is 0 Å². The molecule has 0 saturated carbocycles. The summed E-state index contributed by atoms with van der Waals surface area (Å²) in [5, 5.41) is 7.89. The summed E-state index contributed by atoms with van der Waals surface area (Å²) in [5.74, 6) is 0. The molecule has 0 aliphatic carbocycles. The van der Waals surface area contributed by atoms with E-state index in [4.69, 9.17) is 9.78 Å². The van der Waals surface area contributed by atoms with Gasteiger partial charge < -0.3 is 0 Å². The normalized spacial score (nSPS) is 30.0. The number of rotatable bonds is 0. The van der Waals surface area contributed by atoms with Crippen molar-refractivity contribution in [2.75, 3.05) is 0 Å². The Hall–Kier alpha value is -2.62. The number of fused-ring (bicyclic) bond motifs is 1. The number of nitrogens with zero attached hydrogens (tertiary/aromatic N) is 2. The van der Waals surface area contributed by atoms with E-state index in [9.17, 15) is 0 Å². The molecule has 0 bridgehead atoms. The number of azo groups is 1. The molecule has 0 fully saturated rings. The maximum Gasteiger partial charge on any atom is 0.142 e. The third kappa shape index (κ3) is 3.75. The third-order valence-corrected chi connectivity index (χ3v) is 2.07. The van der Waals surface area contributed by atoms with E-state index in [1.807, 2.05) is 42.5 Å². The molecule has 2 aliphatic rings. The Morgan fingerprint density at radius 2 is 1.50 bits per heavy atom. The van der Waals surface area contributed by atoms with Gasteiger partial charge in [0, 0.05) is 5.57 Å². The Bertz CT molecular complexity index is 518. The molecule has 0 spiro atoms. The Morgan fingerprint density at radius 3 is 2.39 bits per heavy atom. The van der Waals surface area contributed by atoms with Gasteiger partial charge in [0.1, 0.15) is 12.5 Å². The van der Waals surface area contributed by atoms with Crippen LogP contribution in [-0.4, -0.2) is 0 Å². The average molecular weight is 240 g/mol. The molecule has 0 atom stereocenters. The van der Waals surface area contributed by atoms with Crippen LogP contribution in [-0.2, 0) is 9.78 Å². The van der Waals surface area contributed by atoms with Gasteiger partial charge in [0.2, 0.25) is 0 Å². The summed E-state index contributed by atoms with van der Waals surface area (Å²) in [6, 6.07) is 0. The molecule has 18 heavy (non-hydrogen) atoms. The van der Waals surface area contributed by atoms with Crippen LogP contribution in [0.5, 0.6) is 0 Å². The van der Waals surface area contributed by atoms with E-state index in [2.05, 4.69) is 10.2 Å². The molecular formula is C14H12N2O2. The first-order valence-corrected chi connectivity index (χ1v) is 5.44. The predicted molar refractivity (Wildman–Crippen MR) is 68.9 cm³/mol. The van der Waals surface area contributed by atoms with Crippen molar-refractivity contribution in [2.45, 2.75) is 0 Å². The first kappa shape index (κ1) is 11.9.